The van der Waals surface area contributed by atoms with Crippen LogP contribution in [0.4, 0.5) is 5.13 Å². The van der Waals surface area contributed by atoms with E-state index in [1.807, 2.05) is 13.0 Å². The number of hydrogen-bond acceptors (Lipinski definition) is 5. The molecule has 0 unspecified atom stereocenters. The number of thiazole rings is 1. The van der Waals surface area contributed by atoms with Crippen molar-refractivity contribution in [2.75, 3.05) is 5.32 Å². The number of amides is 1. The lowest BCUT2D eigenvalue weighted by Crippen LogP contribution is -2.12. The van der Waals surface area contributed by atoms with Crippen LogP contribution in [-0.4, -0.2) is 19.3 Å². The number of sulfonamides is 1. The van der Waals surface area contributed by atoms with E-state index in [0.717, 1.165) is 16.9 Å². The van der Waals surface area contributed by atoms with Crippen molar-refractivity contribution in [1.29, 1.82) is 0 Å². The van der Waals surface area contributed by atoms with Crippen LogP contribution < -0.4 is 10.5 Å². The number of aromatic nitrogens is 1. The highest BCUT2D eigenvalue weighted by atomic mass is 79.9. The van der Waals surface area contributed by atoms with Crippen LogP contribution in [0.25, 0.3) is 0 Å². The van der Waals surface area contributed by atoms with Crippen LogP contribution in [0.5, 0.6) is 0 Å². The fourth-order valence-corrected chi connectivity index (χ4v) is 3.99. The monoisotopic (exact) mass is 389 g/mol. The second-order valence-electron chi connectivity index (χ2n) is 4.33. The number of nitrogens with zero attached hydrogens (tertiary/aromatic N) is 1. The maximum absolute atomic E-state index is 12.2. The summed E-state index contributed by atoms with van der Waals surface area (Å²) < 4.78 is 23.3. The highest BCUT2D eigenvalue weighted by molar-refractivity contribution is 9.10. The number of benzene rings is 1. The van der Waals surface area contributed by atoms with E-state index in [1.165, 1.54) is 6.92 Å². The maximum Gasteiger partial charge on any atom is 0.258 e. The van der Waals surface area contributed by atoms with E-state index >= 15 is 0 Å². The molecular formula is C12H12BrN3O3S2. The number of carbonyl (C=O) groups excluding carboxylic acids is 1. The third-order valence-corrected chi connectivity index (χ3v) is 6.35. The molecule has 0 spiro atoms. The molecular weight excluding hydrogens is 378 g/mol. The van der Waals surface area contributed by atoms with Crippen molar-refractivity contribution in [3.63, 3.8) is 0 Å². The van der Waals surface area contributed by atoms with Gasteiger partial charge in [0.2, 0.25) is 10.0 Å². The Hall–Kier alpha value is -1.29. The maximum atomic E-state index is 12.2. The van der Waals surface area contributed by atoms with Crippen LogP contribution in [0.2, 0.25) is 0 Å². The number of primary sulfonamides is 1. The quantitative estimate of drug-likeness (QED) is 0.840. The van der Waals surface area contributed by atoms with Crippen LogP contribution >= 0.6 is 27.3 Å². The second kappa shape index (κ2) is 5.84. The van der Waals surface area contributed by atoms with Crippen LogP contribution in [0.1, 0.15) is 21.6 Å². The third-order valence-electron chi connectivity index (χ3n) is 2.67. The van der Waals surface area contributed by atoms with Gasteiger partial charge in [-0.3, -0.25) is 10.1 Å². The summed E-state index contributed by atoms with van der Waals surface area (Å²) >= 11 is 4.18. The van der Waals surface area contributed by atoms with Crippen molar-refractivity contribution >= 4 is 48.3 Å². The zero-order chi connectivity index (χ0) is 15.8. The molecule has 1 heterocycles. The Balaban J connectivity index is 2.31. The number of hydrogen-bond donors (Lipinski definition) is 2. The van der Waals surface area contributed by atoms with Gasteiger partial charge < -0.3 is 0 Å². The molecule has 0 aliphatic rings. The molecule has 21 heavy (non-hydrogen) atoms. The minimum atomic E-state index is -3.83. The fourth-order valence-electron chi connectivity index (χ4n) is 1.69. The van der Waals surface area contributed by atoms with Crippen molar-refractivity contribution < 1.29 is 13.2 Å². The lowest BCUT2D eigenvalue weighted by atomic mass is 10.1. The van der Waals surface area contributed by atoms with Gasteiger partial charge in [-0.2, -0.15) is 0 Å². The summed E-state index contributed by atoms with van der Waals surface area (Å²) in [6.45, 7) is 3.39. The van der Waals surface area contributed by atoms with Crippen molar-refractivity contribution in [3.05, 3.63) is 39.5 Å². The van der Waals surface area contributed by atoms with Crippen LogP contribution in [-0.2, 0) is 10.0 Å². The molecule has 0 radical (unpaired) electrons. The van der Waals surface area contributed by atoms with Crippen LogP contribution in [0.3, 0.4) is 0 Å². The highest BCUT2D eigenvalue weighted by Gasteiger charge is 2.19. The summed E-state index contributed by atoms with van der Waals surface area (Å²) in [6, 6.07) is 5.29. The summed E-state index contributed by atoms with van der Waals surface area (Å²) in [5.41, 5.74) is 1.63. The SMILES string of the molecule is Cc1cccc(C(=O)Nc2nc(C)c(S(N)(=O)=O)s2)c1Br. The molecule has 0 atom stereocenters. The first-order valence-corrected chi connectivity index (χ1v) is 8.92. The van der Waals surface area contributed by atoms with Crippen molar-refractivity contribution in [3.8, 4) is 0 Å². The van der Waals surface area contributed by atoms with Crippen LogP contribution in [0.15, 0.2) is 26.9 Å². The summed E-state index contributed by atoms with van der Waals surface area (Å²) in [7, 11) is -3.83. The summed E-state index contributed by atoms with van der Waals surface area (Å²) in [6.07, 6.45) is 0. The van der Waals surface area contributed by atoms with E-state index in [1.54, 1.807) is 12.1 Å². The molecule has 1 amide bonds. The lowest BCUT2D eigenvalue weighted by Gasteiger charge is -2.06. The number of anilines is 1. The average Bonchev–Trinajstić information content (AvgIpc) is 2.73. The van der Waals surface area contributed by atoms with E-state index in [0.29, 0.717) is 10.0 Å². The van der Waals surface area contributed by atoms with Gasteiger partial charge in [0.05, 0.1) is 11.3 Å². The van der Waals surface area contributed by atoms with Crippen molar-refractivity contribution in [2.24, 2.45) is 5.14 Å². The van der Waals surface area contributed by atoms with Crippen molar-refractivity contribution in [2.45, 2.75) is 18.1 Å². The molecule has 2 rings (SSSR count). The molecule has 9 heteroatoms. The molecule has 0 aliphatic carbocycles. The van der Waals surface area contributed by atoms with Gasteiger partial charge in [0.15, 0.2) is 9.34 Å². The molecule has 0 saturated carbocycles. The largest absolute Gasteiger partial charge is 0.298 e. The Kier molecular flexibility index (Phi) is 4.47. The molecule has 0 aliphatic heterocycles. The minimum Gasteiger partial charge on any atom is -0.298 e. The molecule has 0 bridgehead atoms. The number of aryl methyl sites for hydroxylation is 2. The van der Waals surface area contributed by atoms with Gasteiger partial charge in [-0.1, -0.05) is 23.5 Å². The average molecular weight is 390 g/mol. The fraction of sp³-hybridized carbons (Fsp3) is 0.167. The van der Waals surface area contributed by atoms with Gasteiger partial charge in [0, 0.05) is 4.47 Å². The molecule has 1 aromatic carbocycles. The van der Waals surface area contributed by atoms with Gasteiger partial charge in [0.25, 0.3) is 5.91 Å². The standard InChI is InChI=1S/C12H12BrN3O3S2/c1-6-4-3-5-8(9(6)13)10(17)16-12-15-7(2)11(20-12)21(14,18)19/h3-5H,1-2H3,(H2,14,18,19)(H,15,16,17). The zero-order valence-corrected chi connectivity index (χ0v) is 14.4. The molecule has 6 nitrogen and oxygen atoms in total. The molecule has 3 N–H and O–H groups in total. The van der Waals surface area contributed by atoms with Gasteiger partial charge >= 0.3 is 0 Å². The predicted molar refractivity (Wildman–Crippen MR) is 85.1 cm³/mol. The number of nitrogens with two attached hydrogens (primary N) is 1. The third kappa shape index (κ3) is 3.49. The minimum absolute atomic E-state index is 0.0545. The Morgan fingerprint density at radius 1 is 1.38 bits per heavy atom. The number of rotatable bonds is 3. The first kappa shape index (κ1) is 16.1. The first-order chi connectivity index (χ1) is 9.70. The van der Waals surface area contributed by atoms with Gasteiger partial charge in [-0.25, -0.2) is 18.5 Å². The Morgan fingerprint density at radius 3 is 2.62 bits per heavy atom. The Labute approximate surface area is 134 Å². The number of carbonyl (C=O) groups is 1. The van der Waals surface area contributed by atoms with Gasteiger partial charge in [0.1, 0.15) is 0 Å². The highest BCUT2D eigenvalue weighted by Crippen LogP contribution is 2.27. The van der Waals surface area contributed by atoms with E-state index in [9.17, 15) is 13.2 Å². The zero-order valence-electron chi connectivity index (χ0n) is 11.2. The number of halogens is 1. The number of nitrogens with one attached hydrogen (secondary N) is 1. The topological polar surface area (TPSA) is 102 Å². The van der Waals surface area contributed by atoms with Crippen molar-refractivity contribution in [1.82, 2.24) is 4.98 Å². The van der Waals surface area contributed by atoms with E-state index < -0.39 is 10.0 Å². The van der Waals surface area contributed by atoms with E-state index in [4.69, 9.17) is 5.14 Å². The lowest BCUT2D eigenvalue weighted by molar-refractivity contribution is 0.102. The summed E-state index contributed by atoms with van der Waals surface area (Å²) in [4.78, 5) is 16.2. The normalized spacial score (nSPS) is 11.4. The van der Waals surface area contributed by atoms with Gasteiger partial charge in [-0.15, -0.1) is 0 Å². The predicted octanol–water partition coefficient (Wildman–Crippen LogP) is 2.42. The first-order valence-electron chi connectivity index (χ1n) is 5.77. The summed E-state index contributed by atoms with van der Waals surface area (Å²) in [5, 5.41) is 7.85. The molecule has 1 aromatic heterocycles. The second-order valence-corrected chi connectivity index (χ2v) is 7.88. The molecule has 112 valence electrons. The summed E-state index contributed by atoms with van der Waals surface area (Å²) in [5.74, 6) is -0.375. The van der Waals surface area contributed by atoms with E-state index in [-0.39, 0.29) is 20.9 Å². The smallest absolute Gasteiger partial charge is 0.258 e. The van der Waals surface area contributed by atoms with Gasteiger partial charge in [-0.05, 0) is 41.4 Å². The van der Waals surface area contributed by atoms with E-state index in [2.05, 4.69) is 26.2 Å². The Bertz CT molecular complexity index is 815. The Morgan fingerprint density at radius 2 is 2.05 bits per heavy atom. The molecule has 2 aromatic rings. The molecule has 0 fully saturated rings. The van der Waals surface area contributed by atoms with Crippen LogP contribution in [0, 0.1) is 13.8 Å². The molecule has 0 saturated heterocycles.